The lowest BCUT2D eigenvalue weighted by Gasteiger charge is -2.20. The molecule has 0 saturated heterocycles. The maximum Gasteiger partial charge on any atom is 0.258 e. The summed E-state index contributed by atoms with van der Waals surface area (Å²) in [6.45, 7) is 1.81. The molecule has 0 saturated carbocycles. The van der Waals surface area contributed by atoms with Crippen LogP contribution in [0.4, 0.5) is 0 Å². The monoisotopic (exact) mass is 411 g/mol. The van der Waals surface area contributed by atoms with E-state index in [-0.39, 0.29) is 5.56 Å². The van der Waals surface area contributed by atoms with Gasteiger partial charge in [-0.3, -0.25) is 9.69 Å². The molecule has 4 rings (SSSR count). The third-order valence-corrected chi connectivity index (χ3v) is 5.41. The summed E-state index contributed by atoms with van der Waals surface area (Å²) in [6, 6.07) is 11.3. The van der Waals surface area contributed by atoms with Crippen molar-refractivity contribution in [1.29, 1.82) is 0 Å². The lowest BCUT2D eigenvalue weighted by molar-refractivity contribution is 0.223. The van der Waals surface area contributed by atoms with Gasteiger partial charge in [0.05, 0.1) is 44.5 Å². The Bertz CT molecular complexity index is 1100. The van der Waals surface area contributed by atoms with E-state index in [1.54, 1.807) is 36.8 Å². The van der Waals surface area contributed by atoms with Gasteiger partial charge in [0, 0.05) is 17.5 Å². The van der Waals surface area contributed by atoms with Gasteiger partial charge in [0.25, 0.3) is 5.56 Å². The molecule has 0 bridgehead atoms. The zero-order chi connectivity index (χ0) is 20.2. The first-order chi connectivity index (χ1) is 14.2. The fourth-order valence-electron chi connectivity index (χ4n) is 3.21. The minimum Gasteiger partial charge on any atom is -0.493 e. The number of fused-ring (bicyclic) bond motifs is 1. The molecular weight excluding hydrogens is 390 g/mol. The first kappa shape index (κ1) is 19.2. The Morgan fingerprint density at radius 2 is 1.93 bits per heavy atom. The zero-order valence-electron chi connectivity index (χ0n) is 16.2. The minimum absolute atomic E-state index is 0.208. The molecule has 0 fully saturated rings. The maximum atomic E-state index is 12.7. The third-order valence-electron chi connectivity index (χ3n) is 4.55. The Morgan fingerprint density at radius 1 is 1.10 bits per heavy atom. The summed E-state index contributed by atoms with van der Waals surface area (Å²) in [4.78, 5) is 23.6. The predicted molar refractivity (Wildman–Crippen MR) is 111 cm³/mol. The lowest BCUT2D eigenvalue weighted by atomic mass is 10.2. The van der Waals surface area contributed by atoms with Gasteiger partial charge in [0.15, 0.2) is 11.5 Å². The molecule has 1 N–H and O–H groups in total. The Balaban J connectivity index is 1.66. The number of aromatic amines is 1. The van der Waals surface area contributed by atoms with Crippen molar-refractivity contribution >= 4 is 22.2 Å². The number of furan rings is 1. The quantitative estimate of drug-likeness (QED) is 0.475. The maximum absolute atomic E-state index is 12.7. The van der Waals surface area contributed by atoms with Crippen molar-refractivity contribution in [3.63, 3.8) is 0 Å². The van der Waals surface area contributed by atoms with Crippen LogP contribution in [0, 0.1) is 0 Å². The second-order valence-corrected chi connectivity index (χ2v) is 7.57. The molecule has 29 heavy (non-hydrogen) atoms. The van der Waals surface area contributed by atoms with E-state index in [1.807, 2.05) is 18.2 Å². The second kappa shape index (κ2) is 8.50. The highest BCUT2D eigenvalue weighted by atomic mass is 32.1. The highest BCUT2D eigenvalue weighted by Crippen LogP contribution is 2.30. The van der Waals surface area contributed by atoms with Crippen molar-refractivity contribution in [3.8, 4) is 11.5 Å². The first-order valence-corrected chi connectivity index (χ1v) is 9.96. The van der Waals surface area contributed by atoms with Crippen LogP contribution in [0.1, 0.15) is 16.5 Å². The standard InChI is InChI=1S/C21H21N3O4S/c1-26-18-9-16-17(10-19(18)27-2)22-20(23-21(16)25)13-24(11-14-5-3-7-28-14)12-15-6-4-8-29-15/h3-10H,11-13H2,1-2H3,(H,22,23,25). The van der Waals surface area contributed by atoms with Crippen LogP contribution < -0.4 is 15.0 Å². The normalized spacial score (nSPS) is 11.3. The van der Waals surface area contributed by atoms with E-state index in [0.717, 1.165) is 12.3 Å². The summed E-state index contributed by atoms with van der Waals surface area (Å²) in [5, 5.41) is 2.51. The number of aromatic nitrogens is 2. The molecule has 7 nitrogen and oxygen atoms in total. The molecule has 0 unspecified atom stereocenters. The van der Waals surface area contributed by atoms with Gasteiger partial charge in [-0.1, -0.05) is 6.07 Å². The lowest BCUT2D eigenvalue weighted by Crippen LogP contribution is -2.25. The van der Waals surface area contributed by atoms with Crippen LogP contribution in [0.3, 0.4) is 0 Å². The number of methoxy groups -OCH3 is 2. The highest BCUT2D eigenvalue weighted by Gasteiger charge is 2.15. The van der Waals surface area contributed by atoms with E-state index in [0.29, 0.717) is 41.3 Å². The number of ether oxygens (including phenoxy) is 2. The molecule has 0 aliphatic carbocycles. The van der Waals surface area contributed by atoms with Crippen LogP contribution in [0.5, 0.6) is 11.5 Å². The smallest absolute Gasteiger partial charge is 0.258 e. The van der Waals surface area contributed by atoms with E-state index >= 15 is 0 Å². The largest absolute Gasteiger partial charge is 0.493 e. The summed E-state index contributed by atoms with van der Waals surface area (Å²) >= 11 is 1.69. The van der Waals surface area contributed by atoms with Gasteiger partial charge in [-0.05, 0) is 29.6 Å². The number of benzene rings is 1. The molecule has 4 aromatic rings. The molecule has 150 valence electrons. The number of nitrogens with one attached hydrogen (secondary N) is 1. The molecule has 0 aliphatic heterocycles. The van der Waals surface area contributed by atoms with Gasteiger partial charge >= 0.3 is 0 Å². The van der Waals surface area contributed by atoms with Crippen LogP contribution in [-0.2, 0) is 19.6 Å². The highest BCUT2D eigenvalue weighted by molar-refractivity contribution is 7.09. The van der Waals surface area contributed by atoms with Crippen LogP contribution in [0.15, 0.2) is 57.3 Å². The summed E-state index contributed by atoms with van der Waals surface area (Å²) < 4.78 is 16.1. The van der Waals surface area contributed by atoms with Gasteiger partial charge in [0.1, 0.15) is 11.6 Å². The van der Waals surface area contributed by atoms with Crippen molar-refractivity contribution in [1.82, 2.24) is 14.9 Å². The molecular formula is C21H21N3O4S. The van der Waals surface area contributed by atoms with Crippen molar-refractivity contribution in [2.24, 2.45) is 0 Å². The first-order valence-electron chi connectivity index (χ1n) is 9.08. The number of rotatable bonds is 8. The Labute approximate surface area is 171 Å². The van der Waals surface area contributed by atoms with Crippen molar-refractivity contribution < 1.29 is 13.9 Å². The van der Waals surface area contributed by atoms with Crippen molar-refractivity contribution in [2.75, 3.05) is 14.2 Å². The SMILES string of the molecule is COc1cc2nc(CN(Cc3ccco3)Cc3cccs3)[nH]c(=O)c2cc1OC. The molecule has 1 aromatic carbocycles. The average molecular weight is 411 g/mol. The van der Waals surface area contributed by atoms with Gasteiger partial charge in [-0.25, -0.2) is 4.98 Å². The van der Waals surface area contributed by atoms with E-state index in [2.05, 4.69) is 26.3 Å². The average Bonchev–Trinajstić information content (AvgIpc) is 3.41. The van der Waals surface area contributed by atoms with Gasteiger partial charge < -0.3 is 18.9 Å². The summed E-state index contributed by atoms with van der Waals surface area (Å²) in [6.07, 6.45) is 1.66. The molecule has 0 radical (unpaired) electrons. The molecule has 8 heteroatoms. The van der Waals surface area contributed by atoms with E-state index in [4.69, 9.17) is 13.9 Å². The molecule has 0 atom stereocenters. The molecule has 0 aliphatic rings. The molecule has 3 aromatic heterocycles. The number of thiophene rings is 1. The summed E-state index contributed by atoms with van der Waals surface area (Å²) in [5.41, 5.74) is 0.357. The Kier molecular flexibility index (Phi) is 5.64. The van der Waals surface area contributed by atoms with E-state index in [9.17, 15) is 4.79 Å². The second-order valence-electron chi connectivity index (χ2n) is 6.54. The topological polar surface area (TPSA) is 80.6 Å². The fourth-order valence-corrected chi connectivity index (χ4v) is 3.96. The zero-order valence-corrected chi connectivity index (χ0v) is 17.0. The molecule has 0 spiro atoms. The number of hydrogen-bond donors (Lipinski definition) is 1. The van der Waals surface area contributed by atoms with Gasteiger partial charge in [-0.2, -0.15) is 0 Å². The summed E-state index contributed by atoms with van der Waals surface area (Å²) in [5.74, 6) is 2.47. The van der Waals surface area contributed by atoms with E-state index in [1.165, 1.54) is 12.0 Å². The fraction of sp³-hybridized carbons (Fsp3) is 0.238. The van der Waals surface area contributed by atoms with Crippen molar-refractivity contribution in [2.45, 2.75) is 19.6 Å². The molecule has 0 amide bonds. The number of H-pyrrole nitrogens is 1. The van der Waals surface area contributed by atoms with Crippen LogP contribution in [0.25, 0.3) is 10.9 Å². The van der Waals surface area contributed by atoms with Crippen LogP contribution in [0.2, 0.25) is 0 Å². The minimum atomic E-state index is -0.208. The van der Waals surface area contributed by atoms with Crippen molar-refractivity contribution in [3.05, 3.63) is 74.9 Å². The number of hydrogen-bond acceptors (Lipinski definition) is 7. The van der Waals surface area contributed by atoms with Gasteiger partial charge in [0.2, 0.25) is 0 Å². The third kappa shape index (κ3) is 4.33. The molecule has 3 heterocycles. The van der Waals surface area contributed by atoms with Crippen LogP contribution in [-0.4, -0.2) is 29.1 Å². The number of nitrogens with zero attached hydrogens (tertiary/aromatic N) is 2. The Hall–Kier alpha value is -3.10. The predicted octanol–water partition coefficient (Wildman–Crippen LogP) is 3.80. The van der Waals surface area contributed by atoms with Gasteiger partial charge in [-0.15, -0.1) is 11.3 Å². The summed E-state index contributed by atoms with van der Waals surface area (Å²) in [7, 11) is 3.10. The Morgan fingerprint density at radius 3 is 2.62 bits per heavy atom. The van der Waals surface area contributed by atoms with Crippen LogP contribution >= 0.6 is 11.3 Å². The van der Waals surface area contributed by atoms with E-state index < -0.39 is 0 Å².